The lowest BCUT2D eigenvalue weighted by Crippen LogP contribution is -2.28. The zero-order valence-corrected chi connectivity index (χ0v) is 14.7. The lowest BCUT2D eigenvalue weighted by molar-refractivity contribution is -0.139. The zero-order chi connectivity index (χ0) is 18.9. The van der Waals surface area contributed by atoms with Crippen LogP contribution in [0.1, 0.15) is 11.1 Å². The number of nitrogens with one attached hydrogen (secondary N) is 1. The molecular weight excluding hydrogens is 338 g/mol. The van der Waals surface area contributed by atoms with Gasteiger partial charge in [0.15, 0.2) is 13.2 Å². The van der Waals surface area contributed by atoms with Crippen molar-refractivity contribution in [3.05, 3.63) is 53.6 Å². The quantitative estimate of drug-likeness (QED) is 0.713. The van der Waals surface area contributed by atoms with Crippen LogP contribution in [-0.2, 0) is 16.1 Å². The molecule has 2 aromatic carbocycles. The molecule has 138 valence electrons. The van der Waals surface area contributed by atoms with E-state index in [-0.39, 0.29) is 19.1 Å². The first-order chi connectivity index (χ1) is 12.5. The minimum atomic E-state index is -1.05. The highest BCUT2D eigenvalue weighted by Gasteiger charge is 2.06. The van der Waals surface area contributed by atoms with E-state index >= 15 is 0 Å². The molecule has 0 aliphatic rings. The number of carboxylic acids is 1. The van der Waals surface area contributed by atoms with E-state index in [1.165, 1.54) is 0 Å². The highest BCUT2D eigenvalue weighted by atomic mass is 16.5. The van der Waals surface area contributed by atoms with Crippen molar-refractivity contribution in [3.8, 4) is 17.2 Å². The topological polar surface area (TPSA) is 94.1 Å². The van der Waals surface area contributed by atoms with Gasteiger partial charge in [-0.1, -0.05) is 12.1 Å². The molecule has 1 amide bonds. The Morgan fingerprint density at radius 3 is 2.46 bits per heavy atom. The standard InChI is InChI=1S/C19H21NO6/c1-13-8-16(6-7-17(13)24-2)25-11-18(21)20-10-14-4-3-5-15(9-14)26-12-19(22)23/h3-9H,10-12H2,1-2H3,(H,20,21)(H,22,23). The van der Waals surface area contributed by atoms with Crippen LogP contribution in [0.2, 0.25) is 0 Å². The highest BCUT2D eigenvalue weighted by molar-refractivity contribution is 5.77. The van der Waals surface area contributed by atoms with Gasteiger partial charge < -0.3 is 24.6 Å². The van der Waals surface area contributed by atoms with Crippen LogP contribution < -0.4 is 19.5 Å². The molecular formula is C19H21NO6. The van der Waals surface area contributed by atoms with Crippen molar-refractivity contribution in [1.29, 1.82) is 0 Å². The highest BCUT2D eigenvalue weighted by Crippen LogP contribution is 2.22. The average molecular weight is 359 g/mol. The van der Waals surface area contributed by atoms with E-state index < -0.39 is 12.6 Å². The van der Waals surface area contributed by atoms with Gasteiger partial charge in [0.05, 0.1) is 7.11 Å². The molecule has 0 radical (unpaired) electrons. The predicted octanol–water partition coefficient (Wildman–Crippen LogP) is 2.16. The number of methoxy groups -OCH3 is 1. The summed E-state index contributed by atoms with van der Waals surface area (Å²) in [7, 11) is 1.60. The molecule has 7 nitrogen and oxygen atoms in total. The van der Waals surface area contributed by atoms with Crippen LogP contribution >= 0.6 is 0 Å². The first-order valence-electron chi connectivity index (χ1n) is 7.95. The summed E-state index contributed by atoms with van der Waals surface area (Å²) in [5, 5.41) is 11.4. The molecule has 0 fully saturated rings. The molecule has 2 N–H and O–H groups in total. The number of amides is 1. The summed E-state index contributed by atoms with van der Waals surface area (Å²) in [5.41, 5.74) is 1.71. The largest absolute Gasteiger partial charge is 0.496 e. The lowest BCUT2D eigenvalue weighted by atomic mass is 10.2. The summed E-state index contributed by atoms with van der Waals surface area (Å²) in [6.45, 7) is 1.66. The Balaban J connectivity index is 1.80. The fraction of sp³-hybridized carbons (Fsp3) is 0.263. The number of aryl methyl sites for hydroxylation is 1. The number of aliphatic carboxylic acids is 1. The molecule has 0 spiro atoms. The van der Waals surface area contributed by atoms with Gasteiger partial charge in [-0.05, 0) is 48.4 Å². The van der Waals surface area contributed by atoms with Crippen LogP contribution in [0.25, 0.3) is 0 Å². The fourth-order valence-electron chi connectivity index (χ4n) is 2.23. The first-order valence-corrected chi connectivity index (χ1v) is 7.95. The number of carboxylic acid groups (broad SMARTS) is 1. The molecule has 0 aromatic heterocycles. The van der Waals surface area contributed by atoms with E-state index in [0.29, 0.717) is 11.5 Å². The third-order valence-electron chi connectivity index (χ3n) is 3.49. The normalized spacial score (nSPS) is 10.1. The Kier molecular flexibility index (Phi) is 6.84. The molecule has 2 rings (SSSR count). The van der Waals surface area contributed by atoms with Gasteiger partial charge in [-0.15, -0.1) is 0 Å². The Morgan fingerprint density at radius 1 is 1.04 bits per heavy atom. The fourth-order valence-corrected chi connectivity index (χ4v) is 2.23. The maximum Gasteiger partial charge on any atom is 0.341 e. The van der Waals surface area contributed by atoms with E-state index in [4.69, 9.17) is 19.3 Å². The number of ether oxygens (including phenoxy) is 3. The minimum absolute atomic E-state index is 0.110. The molecule has 2 aromatic rings. The number of benzene rings is 2. The molecule has 0 saturated heterocycles. The SMILES string of the molecule is COc1ccc(OCC(=O)NCc2cccc(OCC(=O)O)c2)cc1C. The molecule has 0 saturated carbocycles. The third-order valence-corrected chi connectivity index (χ3v) is 3.49. The predicted molar refractivity (Wildman–Crippen MR) is 94.6 cm³/mol. The molecule has 0 heterocycles. The molecule has 0 atom stereocenters. The molecule has 0 aliphatic heterocycles. The molecule has 7 heteroatoms. The summed E-state index contributed by atoms with van der Waals surface area (Å²) in [4.78, 5) is 22.4. The van der Waals surface area contributed by atoms with Gasteiger partial charge in [-0.25, -0.2) is 4.79 Å². The monoisotopic (exact) mass is 359 g/mol. The van der Waals surface area contributed by atoms with Gasteiger partial charge >= 0.3 is 5.97 Å². The minimum Gasteiger partial charge on any atom is -0.496 e. The number of hydrogen-bond donors (Lipinski definition) is 2. The van der Waals surface area contributed by atoms with Gasteiger partial charge in [0, 0.05) is 6.54 Å². The van der Waals surface area contributed by atoms with Crippen LogP contribution in [0, 0.1) is 6.92 Å². The Labute approximate surface area is 151 Å². The van der Waals surface area contributed by atoms with Crippen LogP contribution in [0.3, 0.4) is 0 Å². The summed E-state index contributed by atoms with van der Waals surface area (Å²) in [5.74, 6) is 0.461. The van der Waals surface area contributed by atoms with Crippen molar-refractivity contribution in [3.63, 3.8) is 0 Å². The van der Waals surface area contributed by atoms with Gasteiger partial charge in [0.2, 0.25) is 0 Å². The van der Waals surface area contributed by atoms with Crippen molar-refractivity contribution < 1.29 is 28.9 Å². The van der Waals surface area contributed by atoms with Gasteiger partial charge in [-0.2, -0.15) is 0 Å². The summed E-state index contributed by atoms with van der Waals surface area (Å²) in [6, 6.07) is 12.2. The van der Waals surface area contributed by atoms with Crippen LogP contribution in [0.15, 0.2) is 42.5 Å². The van der Waals surface area contributed by atoms with Crippen molar-refractivity contribution in [2.75, 3.05) is 20.3 Å². The van der Waals surface area contributed by atoms with E-state index in [1.807, 2.05) is 13.0 Å². The maximum atomic E-state index is 11.9. The van der Waals surface area contributed by atoms with Crippen molar-refractivity contribution >= 4 is 11.9 Å². The molecule has 0 aliphatic carbocycles. The second-order valence-corrected chi connectivity index (χ2v) is 5.53. The average Bonchev–Trinajstić information content (AvgIpc) is 2.63. The van der Waals surface area contributed by atoms with Gasteiger partial charge in [-0.3, -0.25) is 4.79 Å². The summed E-state index contributed by atoms with van der Waals surface area (Å²) >= 11 is 0. The molecule has 0 unspecified atom stereocenters. The molecule has 26 heavy (non-hydrogen) atoms. The van der Waals surface area contributed by atoms with Crippen LogP contribution in [0.4, 0.5) is 0 Å². The van der Waals surface area contributed by atoms with Gasteiger partial charge in [0.1, 0.15) is 17.2 Å². The Morgan fingerprint density at radius 2 is 1.77 bits per heavy atom. The number of hydrogen-bond acceptors (Lipinski definition) is 5. The summed E-state index contributed by atoms with van der Waals surface area (Å²) < 4.78 is 15.7. The summed E-state index contributed by atoms with van der Waals surface area (Å²) in [6.07, 6.45) is 0. The smallest absolute Gasteiger partial charge is 0.341 e. The zero-order valence-electron chi connectivity index (χ0n) is 14.7. The lowest BCUT2D eigenvalue weighted by Gasteiger charge is -2.10. The second kappa shape index (κ2) is 9.31. The van der Waals surface area contributed by atoms with E-state index in [1.54, 1.807) is 43.5 Å². The first kappa shape index (κ1) is 19.1. The number of carbonyl (C=O) groups is 2. The van der Waals surface area contributed by atoms with Crippen molar-refractivity contribution in [2.45, 2.75) is 13.5 Å². The van der Waals surface area contributed by atoms with Crippen molar-refractivity contribution in [2.24, 2.45) is 0 Å². The number of carbonyl (C=O) groups excluding carboxylic acids is 1. The maximum absolute atomic E-state index is 11.9. The van der Waals surface area contributed by atoms with Crippen LogP contribution in [0.5, 0.6) is 17.2 Å². The van der Waals surface area contributed by atoms with E-state index in [9.17, 15) is 9.59 Å². The number of rotatable bonds is 9. The Hall–Kier alpha value is -3.22. The van der Waals surface area contributed by atoms with E-state index in [2.05, 4.69) is 5.32 Å². The third kappa shape index (κ3) is 6.01. The van der Waals surface area contributed by atoms with Crippen LogP contribution in [-0.4, -0.2) is 37.3 Å². The van der Waals surface area contributed by atoms with Gasteiger partial charge in [0.25, 0.3) is 5.91 Å². The second-order valence-electron chi connectivity index (χ2n) is 5.53. The molecule has 0 bridgehead atoms. The van der Waals surface area contributed by atoms with Crippen molar-refractivity contribution in [1.82, 2.24) is 5.32 Å². The Bertz CT molecular complexity index is 774. The van der Waals surface area contributed by atoms with E-state index in [0.717, 1.165) is 16.9 Å².